The molecular formula is C25H25N3O3. The van der Waals surface area contributed by atoms with Crippen molar-refractivity contribution in [3.8, 4) is 5.75 Å². The van der Waals surface area contributed by atoms with Crippen LogP contribution in [0.2, 0.25) is 0 Å². The number of pyridine rings is 1. The maximum atomic E-state index is 12.7. The average molecular weight is 415 g/mol. The number of carbonyl (C=O) groups excluding carboxylic acids is 2. The third-order valence-corrected chi connectivity index (χ3v) is 5.31. The van der Waals surface area contributed by atoms with Gasteiger partial charge in [-0.05, 0) is 62.1 Å². The van der Waals surface area contributed by atoms with Gasteiger partial charge in [0.25, 0.3) is 11.8 Å². The largest absolute Gasteiger partial charge is 0.490 e. The Labute approximate surface area is 181 Å². The molecule has 0 bridgehead atoms. The monoisotopic (exact) mass is 415 g/mol. The van der Waals surface area contributed by atoms with Gasteiger partial charge < -0.3 is 15.4 Å². The molecule has 1 saturated carbocycles. The van der Waals surface area contributed by atoms with Crippen LogP contribution >= 0.6 is 0 Å². The first kappa shape index (κ1) is 20.6. The van der Waals surface area contributed by atoms with Gasteiger partial charge in [0.1, 0.15) is 5.75 Å². The molecule has 1 fully saturated rings. The minimum atomic E-state index is -0.274. The molecule has 6 nitrogen and oxygen atoms in total. The van der Waals surface area contributed by atoms with Crippen LogP contribution in [-0.4, -0.2) is 22.9 Å². The fourth-order valence-corrected chi connectivity index (χ4v) is 3.67. The molecule has 6 heteroatoms. The molecule has 0 aliphatic heterocycles. The molecule has 0 spiro atoms. The Morgan fingerprint density at radius 3 is 2.55 bits per heavy atom. The van der Waals surface area contributed by atoms with E-state index in [1.807, 2.05) is 24.3 Å². The van der Waals surface area contributed by atoms with Crippen molar-refractivity contribution in [2.45, 2.75) is 38.3 Å². The Balaban J connectivity index is 1.38. The van der Waals surface area contributed by atoms with Gasteiger partial charge >= 0.3 is 0 Å². The molecule has 4 rings (SSSR count). The number of anilines is 1. The highest BCUT2D eigenvalue weighted by atomic mass is 16.5. The highest BCUT2D eigenvalue weighted by Crippen LogP contribution is 2.26. The van der Waals surface area contributed by atoms with Crippen molar-refractivity contribution in [3.05, 3.63) is 89.7 Å². The van der Waals surface area contributed by atoms with E-state index >= 15 is 0 Å². The molecule has 0 unspecified atom stereocenters. The summed E-state index contributed by atoms with van der Waals surface area (Å²) in [5.74, 6) is 0.337. The summed E-state index contributed by atoms with van der Waals surface area (Å²) in [6, 6.07) is 18.1. The Hall–Kier alpha value is -3.67. The third kappa shape index (κ3) is 5.48. The fraction of sp³-hybridized carbons (Fsp3) is 0.240. The lowest BCUT2D eigenvalue weighted by Crippen LogP contribution is -2.24. The second kappa shape index (κ2) is 9.89. The third-order valence-electron chi connectivity index (χ3n) is 5.31. The van der Waals surface area contributed by atoms with Gasteiger partial charge in [0.2, 0.25) is 0 Å². The number of para-hydroxylation sites is 1. The summed E-state index contributed by atoms with van der Waals surface area (Å²) in [4.78, 5) is 29.0. The van der Waals surface area contributed by atoms with Crippen molar-refractivity contribution in [2.24, 2.45) is 0 Å². The normalized spacial score (nSPS) is 13.5. The van der Waals surface area contributed by atoms with Crippen LogP contribution in [-0.2, 0) is 6.54 Å². The Kier molecular flexibility index (Phi) is 6.57. The van der Waals surface area contributed by atoms with Gasteiger partial charge in [0.05, 0.1) is 11.7 Å². The number of benzene rings is 2. The van der Waals surface area contributed by atoms with Crippen LogP contribution in [0.4, 0.5) is 5.69 Å². The van der Waals surface area contributed by atoms with Gasteiger partial charge in [-0.3, -0.25) is 14.6 Å². The van der Waals surface area contributed by atoms with Gasteiger partial charge in [-0.2, -0.15) is 0 Å². The fourth-order valence-electron chi connectivity index (χ4n) is 3.67. The number of nitrogens with zero attached hydrogens (tertiary/aromatic N) is 1. The summed E-state index contributed by atoms with van der Waals surface area (Å²) < 4.78 is 6.15. The Morgan fingerprint density at radius 2 is 1.74 bits per heavy atom. The van der Waals surface area contributed by atoms with E-state index in [-0.39, 0.29) is 17.9 Å². The van der Waals surface area contributed by atoms with Crippen molar-refractivity contribution < 1.29 is 14.3 Å². The van der Waals surface area contributed by atoms with E-state index < -0.39 is 0 Å². The summed E-state index contributed by atoms with van der Waals surface area (Å²) in [6.07, 6.45) is 7.94. The van der Waals surface area contributed by atoms with Crippen molar-refractivity contribution in [2.75, 3.05) is 5.32 Å². The number of amides is 2. The van der Waals surface area contributed by atoms with Gasteiger partial charge in [-0.25, -0.2) is 0 Å². The number of aromatic nitrogens is 1. The zero-order valence-corrected chi connectivity index (χ0v) is 17.2. The topological polar surface area (TPSA) is 80.3 Å². The van der Waals surface area contributed by atoms with E-state index in [1.165, 1.54) is 19.0 Å². The first-order chi connectivity index (χ1) is 15.2. The molecule has 158 valence electrons. The van der Waals surface area contributed by atoms with E-state index in [0.717, 1.165) is 24.2 Å². The van der Waals surface area contributed by atoms with E-state index in [4.69, 9.17) is 4.74 Å². The smallest absolute Gasteiger partial charge is 0.257 e. The molecule has 1 aliphatic rings. The van der Waals surface area contributed by atoms with Crippen LogP contribution < -0.4 is 15.4 Å². The number of hydrogen-bond acceptors (Lipinski definition) is 4. The summed E-state index contributed by atoms with van der Waals surface area (Å²) >= 11 is 0. The molecule has 3 aromatic rings. The van der Waals surface area contributed by atoms with E-state index in [1.54, 1.807) is 42.6 Å². The predicted molar refractivity (Wildman–Crippen MR) is 119 cm³/mol. The maximum absolute atomic E-state index is 12.7. The minimum absolute atomic E-state index is 0.215. The van der Waals surface area contributed by atoms with Gasteiger partial charge in [0, 0.05) is 35.8 Å². The summed E-state index contributed by atoms with van der Waals surface area (Å²) in [6.45, 7) is 0.369. The van der Waals surface area contributed by atoms with E-state index in [9.17, 15) is 9.59 Å². The molecule has 0 saturated heterocycles. The molecule has 2 aromatic carbocycles. The molecule has 1 heterocycles. The summed E-state index contributed by atoms with van der Waals surface area (Å²) in [5.41, 5.74) is 2.42. The molecule has 0 atom stereocenters. The molecule has 2 N–H and O–H groups in total. The quantitative estimate of drug-likeness (QED) is 0.592. The molecule has 2 amide bonds. The number of hydrogen-bond donors (Lipinski definition) is 2. The molecule has 0 radical (unpaired) electrons. The van der Waals surface area contributed by atoms with Crippen molar-refractivity contribution in [3.63, 3.8) is 0 Å². The number of rotatable bonds is 7. The van der Waals surface area contributed by atoms with Crippen LogP contribution in [0.3, 0.4) is 0 Å². The minimum Gasteiger partial charge on any atom is -0.490 e. The van der Waals surface area contributed by atoms with Gasteiger partial charge in [-0.15, -0.1) is 0 Å². The highest BCUT2D eigenvalue weighted by Gasteiger charge is 2.18. The summed E-state index contributed by atoms with van der Waals surface area (Å²) in [7, 11) is 0. The number of carbonyl (C=O) groups is 2. The van der Waals surface area contributed by atoms with Crippen LogP contribution in [0.1, 0.15) is 52.0 Å². The zero-order valence-electron chi connectivity index (χ0n) is 17.2. The number of nitrogens with one attached hydrogen (secondary N) is 2. The second-order valence-electron chi connectivity index (χ2n) is 7.59. The van der Waals surface area contributed by atoms with Crippen LogP contribution in [0.25, 0.3) is 0 Å². The van der Waals surface area contributed by atoms with Gasteiger partial charge in [0.15, 0.2) is 0 Å². The van der Waals surface area contributed by atoms with Crippen LogP contribution in [0.5, 0.6) is 5.75 Å². The maximum Gasteiger partial charge on any atom is 0.257 e. The van der Waals surface area contributed by atoms with E-state index in [2.05, 4.69) is 15.6 Å². The van der Waals surface area contributed by atoms with E-state index in [0.29, 0.717) is 23.4 Å². The molecule has 31 heavy (non-hydrogen) atoms. The van der Waals surface area contributed by atoms with Crippen LogP contribution in [0, 0.1) is 0 Å². The highest BCUT2D eigenvalue weighted by molar-refractivity contribution is 6.04. The first-order valence-electron chi connectivity index (χ1n) is 10.5. The lowest BCUT2D eigenvalue weighted by molar-refractivity contribution is 0.0949. The van der Waals surface area contributed by atoms with Crippen molar-refractivity contribution >= 4 is 17.5 Å². The Morgan fingerprint density at radius 1 is 0.935 bits per heavy atom. The SMILES string of the molecule is O=C(NCc1ccccc1OC1CCCC1)c1cccc(NC(=O)c2cccnc2)c1. The summed E-state index contributed by atoms with van der Waals surface area (Å²) in [5, 5.41) is 5.75. The Bertz CT molecular complexity index is 1050. The molecular weight excluding hydrogens is 390 g/mol. The average Bonchev–Trinajstić information content (AvgIpc) is 3.32. The predicted octanol–water partition coefficient (Wildman–Crippen LogP) is 4.59. The lowest BCUT2D eigenvalue weighted by atomic mass is 10.1. The number of ether oxygens (including phenoxy) is 1. The lowest BCUT2D eigenvalue weighted by Gasteiger charge is -2.17. The first-order valence-corrected chi connectivity index (χ1v) is 10.5. The molecule has 1 aromatic heterocycles. The second-order valence-corrected chi connectivity index (χ2v) is 7.59. The molecule has 1 aliphatic carbocycles. The standard InChI is InChI=1S/C25H25N3O3/c29-24(27-17-19-7-1-4-13-23(19)31-22-11-2-3-12-22)18-8-5-10-21(15-18)28-25(30)20-9-6-14-26-16-20/h1,4-10,13-16,22H,2-3,11-12,17H2,(H,27,29)(H,28,30). The van der Waals surface area contributed by atoms with Crippen molar-refractivity contribution in [1.29, 1.82) is 0 Å². The van der Waals surface area contributed by atoms with Crippen molar-refractivity contribution in [1.82, 2.24) is 10.3 Å². The van der Waals surface area contributed by atoms with Gasteiger partial charge in [-0.1, -0.05) is 24.3 Å². The van der Waals surface area contributed by atoms with Crippen LogP contribution in [0.15, 0.2) is 73.1 Å². The zero-order chi connectivity index (χ0) is 21.5.